The molecule has 0 aliphatic heterocycles. The number of rotatable bonds is 9. The standard InChI is InChI=1S/C24H23N3O3/c1-19-5-7-22(8-6-19)30-23-11-9-21(10-12-23)29-18-24(28)27(15-3-13-25)17-20-4-2-14-26-16-20/h2,4-12,14,16H,3,15,17-18H2,1H3. The molecule has 2 aromatic carbocycles. The lowest BCUT2D eigenvalue weighted by Gasteiger charge is -2.21. The molecule has 3 aromatic rings. The molecule has 152 valence electrons. The van der Waals surface area contributed by atoms with E-state index in [2.05, 4.69) is 11.1 Å². The molecule has 0 radical (unpaired) electrons. The molecule has 6 heteroatoms. The smallest absolute Gasteiger partial charge is 0.260 e. The highest BCUT2D eigenvalue weighted by molar-refractivity contribution is 5.77. The molecule has 0 N–H and O–H groups in total. The van der Waals surface area contributed by atoms with Gasteiger partial charge < -0.3 is 14.4 Å². The number of amides is 1. The van der Waals surface area contributed by atoms with E-state index in [1.54, 1.807) is 41.6 Å². The van der Waals surface area contributed by atoms with Gasteiger partial charge in [-0.25, -0.2) is 0 Å². The van der Waals surface area contributed by atoms with Crippen LogP contribution in [0.1, 0.15) is 17.5 Å². The number of benzene rings is 2. The van der Waals surface area contributed by atoms with Crippen molar-refractivity contribution in [1.29, 1.82) is 5.26 Å². The number of carbonyl (C=O) groups excluding carboxylic acids is 1. The first-order valence-corrected chi connectivity index (χ1v) is 9.65. The molecule has 0 aliphatic rings. The van der Waals surface area contributed by atoms with Crippen molar-refractivity contribution in [1.82, 2.24) is 9.88 Å². The van der Waals surface area contributed by atoms with Crippen LogP contribution in [0.25, 0.3) is 0 Å². The summed E-state index contributed by atoms with van der Waals surface area (Å²) in [6, 6.07) is 20.7. The Morgan fingerprint density at radius 3 is 2.33 bits per heavy atom. The average Bonchev–Trinajstić information content (AvgIpc) is 2.78. The molecule has 0 spiro atoms. The van der Waals surface area contributed by atoms with Crippen LogP contribution in [-0.2, 0) is 11.3 Å². The third-order valence-electron chi connectivity index (χ3n) is 4.39. The minimum absolute atomic E-state index is 0.107. The van der Waals surface area contributed by atoms with E-state index >= 15 is 0 Å². The molecule has 0 atom stereocenters. The summed E-state index contributed by atoms with van der Waals surface area (Å²) < 4.78 is 11.4. The molecule has 0 saturated heterocycles. The Morgan fingerprint density at radius 1 is 1.03 bits per heavy atom. The fourth-order valence-corrected chi connectivity index (χ4v) is 2.77. The summed E-state index contributed by atoms with van der Waals surface area (Å²) in [5, 5.41) is 8.87. The number of nitrogens with zero attached hydrogens (tertiary/aromatic N) is 3. The predicted octanol–water partition coefficient (Wildman–Crippen LogP) is 4.50. The molecule has 0 aliphatic carbocycles. The van der Waals surface area contributed by atoms with E-state index in [1.165, 1.54) is 5.56 Å². The molecule has 0 bridgehead atoms. The SMILES string of the molecule is Cc1ccc(Oc2ccc(OCC(=O)N(CCC#N)Cc3cccnc3)cc2)cc1. The minimum Gasteiger partial charge on any atom is -0.484 e. The summed E-state index contributed by atoms with van der Waals surface area (Å²) in [5.41, 5.74) is 2.07. The van der Waals surface area contributed by atoms with Gasteiger partial charge in [0.1, 0.15) is 17.2 Å². The summed E-state index contributed by atoms with van der Waals surface area (Å²) in [4.78, 5) is 18.3. The zero-order chi connectivity index (χ0) is 21.2. The third kappa shape index (κ3) is 6.35. The van der Waals surface area contributed by atoms with Gasteiger partial charge in [0.15, 0.2) is 6.61 Å². The Bertz CT molecular complexity index is 981. The maximum atomic E-state index is 12.6. The van der Waals surface area contributed by atoms with Gasteiger partial charge in [0.2, 0.25) is 0 Å². The van der Waals surface area contributed by atoms with Gasteiger partial charge in [-0.3, -0.25) is 9.78 Å². The Balaban J connectivity index is 1.55. The number of hydrogen-bond donors (Lipinski definition) is 0. The third-order valence-corrected chi connectivity index (χ3v) is 4.39. The monoisotopic (exact) mass is 401 g/mol. The molecule has 1 heterocycles. The first-order valence-electron chi connectivity index (χ1n) is 9.65. The second-order valence-corrected chi connectivity index (χ2v) is 6.76. The molecule has 0 unspecified atom stereocenters. The van der Waals surface area contributed by atoms with Crippen LogP contribution >= 0.6 is 0 Å². The highest BCUT2D eigenvalue weighted by atomic mass is 16.5. The van der Waals surface area contributed by atoms with Gasteiger partial charge >= 0.3 is 0 Å². The van der Waals surface area contributed by atoms with Crippen molar-refractivity contribution in [3.05, 3.63) is 84.2 Å². The van der Waals surface area contributed by atoms with E-state index in [1.807, 2.05) is 43.3 Å². The Hall–Kier alpha value is -3.85. The average molecular weight is 401 g/mol. The number of aryl methyl sites for hydroxylation is 1. The fraction of sp³-hybridized carbons (Fsp3) is 0.208. The molecule has 0 saturated carbocycles. The topological polar surface area (TPSA) is 75.5 Å². The van der Waals surface area contributed by atoms with E-state index in [4.69, 9.17) is 14.7 Å². The molecule has 30 heavy (non-hydrogen) atoms. The van der Waals surface area contributed by atoms with Gasteiger partial charge in [-0.2, -0.15) is 5.26 Å². The zero-order valence-electron chi connectivity index (χ0n) is 16.8. The lowest BCUT2D eigenvalue weighted by atomic mass is 10.2. The number of carbonyl (C=O) groups is 1. The Kier molecular flexibility index (Phi) is 7.39. The van der Waals surface area contributed by atoms with Crippen LogP contribution < -0.4 is 9.47 Å². The van der Waals surface area contributed by atoms with Crippen molar-refractivity contribution in [2.24, 2.45) is 0 Å². The summed E-state index contributed by atoms with van der Waals surface area (Å²) in [6.45, 7) is 2.65. The predicted molar refractivity (Wildman–Crippen MR) is 113 cm³/mol. The summed E-state index contributed by atoms with van der Waals surface area (Å²) >= 11 is 0. The van der Waals surface area contributed by atoms with Crippen molar-refractivity contribution in [2.75, 3.05) is 13.2 Å². The normalized spacial score (nSPS) is 10.1. The van der Waals surface area contributed by atoms with Gasteiger partial charge in [0.25, 0.3) is 5.91 Å². The van der Waals surface area contributed by atoms with E-state index in [-0.39, 0.29) is 18.9 Å². The van der Waals surface area contributed by atoms with Gasteiger partial charge in [-0.1, -0.05) is 23.8 Å². The van der Waals surface area contributed by atoms with Crippen LogP contribution in [-0.4, -0.2) is 28.9 Å². The van der Waals surface area contributed by atoms with Crippen LogP contribution in [0.3, 0.4) is 0 Å². The molecule has 1 aromatic heterocycles. The van der Waals surface area contributed by atoms with Crippen LogP contribution in [0.5, 0.6) is 17.2 Å². The van der Waals surface area contributed by atoms with Gasteiger partial charge in [-0.15, -0.1) is 0 Å². The lowest BCUT2D eigenvalue weighted by molar-refractivity contribution is -0.133. The van der Waals surface area contributed by atoms with E-state index in [0.29, 0.717) is 24.6 Å². The van der Waals surface area contributed by atoms with Crippen LogP contribution in [0, 0.1) is 18.3 Å². The van der Waals surface area contributed by atoms with Crippen molar-refractivity contribution in [2.45, 2.75) is 19.9 Å². The van der Waals surface area contributed by atoms with Gasteiger partial charge in [0, 0.05) is 25.5 Å². The number of ether oxygens (including phenoxy) is 2. The molecule has 1 amide bonds. The van der Waals surface area contributed by atoms with Crippen molar-refractivity contribution >= 4 is 5.91 Å². The molecule has 6 nitrogen and oxygen atoms in total. The number of hydrogen-bond acceptors (Lipinski definition) is 5. The van der Waals surface area contributed by atoms with Crippen LogP contribution in [0.2, 0.25) is 0 Å². The molecular formula is C24H23N3O3. The first-order chi connectivity index (χ1) is 14.6. The highest BCUT2D eigenvalue weighted by Gasteiger charge is 2.15. The fourth-order valence-electron chi connectivity index (χ4n) is 2.77. The second-order valence-electron chi connectivity index (χ2n) is 6.76. The summed E-state index contributed by atoms with van der Waals surface area (Å²) in [7, 11) is 0. The summed E-state index contributed by atoms with van der Waals surface area (Å²) in [6.07, 6.45) is 3.65. The van der Waals surface area contributed by atoms with Crippen LogP contribution in [0.4, 0.5) is 0 Å². The maximum absolute atomic E-state index is 12.6. The highest BCUT2D eigenvalue weighted by Crippen LogP contribution is 2.24. The summed E-state index contributed by atoms with van der Waals surface area (Å²) in [5.74, 6) is 1.83. The van der Waals surface area contributed by atoms with E-state index in [9.17, 15) is 4.79 Å². The minimum atomic E-state index is -0.186. The quantitative estimate of drug-likeness (QED) is 0.528. The largest absolute Gasteiger partial charge is 0.484 e. The van der Waals surface area contributed by atoms with Gasteiger partial charge in [-0.05, 0) is 55.0 Å². The lowest BCUT2D eigenvalue weighted by Crippen LogP contribution is -2.35. The molecule has 0 fully saturated rings. The molecular weight excluding hydrogens is 378 g/mol. The number of pyridine rings is 1. The van der Waals surface area contributed by atoms with Crippen molar-refractivity contribution in [3.8, 4) is 23.3 Å². The molecule has 3 rings (SSSR count). The van der Waals surface area contributed by atoms with Crippen LogP contribution in [0.15, 0.2) is 73.1 Å². The zero-order valence-corrected chi connectivity index (χ0v) is 16.8. The number of aromatic nitrogens is 1. The van der Waals surface area contributed by atoms with Gasteiger partial charge in [0.05, 0.1) is 12.5 Å². The first kappa shape index (κ1) is 20.9. The van der Waals surface area contributed by atoms with Crippen molar-refractivity contribution < 1.29 is 14.3 Å². The second kappa shape index (κ2) is 10.6. The Morgan fingerprint density at radius 2 is 1.70 bits per heavy atom. The van der Waals surface area contributed by atoms with Crippen molar-refractivity contribution in [3.63, 3.8) is 0 Å². The van der Waals surface area contributed by atoms with E-state index < -0.39 is 0 Å². The maximum Gasteiger partial charge on any atom is 0.260 e. The van der Waals surface area contributed by atoms with E-state index in [0.717, 1.165) is 11.3 Å². The Labute approximate surface area is 176 Å². The number of nitriles is 1.